The zero-order chi connectivity index (χ0) is 13.8. The largest absolute Gasteiger partial charge is 0.493 e. The van der Waals surface area contributed by atoms with Crippen molar-refractivity contribution in [2.45, 2.75) is 6.92 Å². The number of nitrogens with two attached hydrogens (primary N) is 1. The average molecular weight is 260 g/mol. The van der Waals surface area contributed by atoms with Gasteiger partial charge in [-0.05, 0) is 19.1 Å². The highest BCUT2D eigenvalue weighted by Crippen LogP contribution is 2.25. The third kappa shape index (κ3) is 2.67. The van der Waals surface area contributed by atoms with Crippen LogP contribution in [0.3, 0.4) is 0 Å². The van der Waals surface area contributed by atoms with Crippen molar-refractivity contribution in [1.82, 2.24) is 9.78 Å². The molecule has 0 saturated carbocycles. The van der Waals surface area contributed by atoms with Crippen LogP contribution in [0.1, 0.15) is 17.3 Å². The molecule has 100 valence electrons. The number of nitrogens with one attached hydrogen (secondary N) is 1. The second-order valence-corrected chi connectivity index (χ2v) is 3.95. The molecule has 2 aromatic rings. The number of anilines is 2. The lowest BCUT2D eigenvalue weighted by atomic mass is 10.1. The molecule has 0 spiro atoms. The Hall–Kier alpha value is -2.50. The lowest BCUT2D eigenvalue weighted by molar-refractivity contribution is 0.102. The van der Waals surface area contributed by atoms with Crippen molar-refractivity contribution in [1.29, 1.82) is 0 Å². The number of nitrogen functional groups attached to an aromatic ring is 1. The summed E-state index contributed by atoms with van der Waals surface area (Å²) in [6.07, 6.45) is 1.60. The number of amides is 1. The SMILES string of the molecule is CCOc1cccc(N)c1C(=O)Nc1ccnn1C. The molecule has 3 N–H and O–H groups in total. The van der Waals surface area contributed by atoms with E-state index in [2.05, 4.69) is 10.4 Å². The van der Waals surface area contributed by atoms with Gasteiger partial charge in [0, 0.05) is 18.8 Å². The fourth-order valence-corrected chi connectivity index (χ4v) is 1.74. The van der Waals surface area contributed by atoms with Crippen LogP contribution in [0.2, 0.25) is 0 Å². The first kappa shape index (κ1) is 12.9. The summed E-state index contributed by atoms with van der Waals surface area (Å²) in [5, 5.41) is 6.73. The van der Waals surface area contributed by atoms with E-state index in [9.17, 15) is 4.79 Å². The van der Waals surface area contributed by atoms with Gasteiger partial charge in [-0.3, -0.25) is 9.48 Å². The van der Waals surface area contributed by atoms with Gasteiger partial charge in [0.2, 0.25) is 0 Å². The van der Waals surface area contributed by atoms with Crippen LogP contribution in [0.4, 0.5) is 11.5 Å². The lowest BCUT2D eigenvalue weighted by Gasteiger charge is -2.12. The number of nitrogens with zero attached hydrogens (tertiary/aromatic N) is 2. The summed E-state index contributed by atoms with van der Waals surface area (Å²) in [7, 11) is 1.74. The number of aryl methyl sites for hydroxylation is 1. The first-order chi connectivity index (χ1) is 9.13. The first-order valence-corrected chi connectivity index (χ1v) is 5.94. The Bertz CT molecular complexity index is 592. The number of aromatic nitrogens is 2. The quantitative estimate of drug-likeness (QED) is 0.819. The number of carbonyl (C=O) groups is 1. The van der Waals surface area contributed by atoms with E-state index in [1.165, 1.54) is 0 Å². The van der Waals surface area contributed by atoms with Crippen molar-refractivity contribution < 1.29 is 9.53 Å². The summed E-state index contributed by atoms with van der Waals surface area (Å²) >= 11 is 0. The number of hydrogen-bond acceptors (Lipinski definition) is 4. The smallest absolute Gasteiger partial charge is 0.262 e. The predicted octanol–water partition coefficient (Wildman–Crippen LogP) is 1.65. The fourth-order valence-electron chi connectivity index (χ4n) is 1.74. The Morgan fingerprint density at radius 3 is 2.89 bits per heavy atom. The Morgan fingerprint density at radius 1 is 1.47 bits per heavy atom. The summed E-state index contributed by atoms with van der Waals surface area (Å²) in [5.74, 6) is 0.753. The van der Waals surface area contributed by atoms with Crippen molar-refractivity contribution in [3.63, 3.8) is 0 Å². The molecule has 0 unspecified atom stereocenters. The molecule has 2 rings (SSSR count). The van der Waals surface area contributed by atoms with E-state index in [0.29, 0.717) is 29.4 Å². The van der Waals surface area contributed by atoms with Gasteiger partial charge in [-0.15, -0.1) is 0 Å². The van der Waals surface area contributed by atoms with E-state index < -0.39 is 0 Å². The monoisotopic (exact) mass is 260 g/mol. The van der Waals surface area contributed by atoms with Crippen LogP contribution in [-0.4, -0.2) is 22.3 Å². The fraction of sp³-hybridized carbons (Fsp3) is 0.231. The predicted molar refractivity (Wildman–Crippen MR) is 73.2 cm³/mol. The van der Waals surface area contributed by atoms with Crippen molar-refractivity contribution in [3.8, 4) is 5.75 Å². The van der Waals surface area contributed by atoms with Crippen LogP contribution >= 0.6 is 0 Å². The molecule has 1 aromatic heterocycles. The van der Waals surface area contributed by atoms with E-state index in [1.807, 2.05) is 6.92 Å². The van der Waals surface area contributed by atoms with Gasteiger partial charge in [-0.1, -0.05) is 6.07 Å². The van der Waals surface area contributed by atoms with Crippen LogP contribution in [0, 0.1) is 0 Å². The van der Waals surface area contributed by atoms with Gasteiger partial charge in [0.1, 0.15) is 17.1 Å². The highest BCUT2D eigenvalue weighted by atomic mass is 16.5. The molecule has 6 heteroatoms. The average Bonchev–Trinajstić information content (AvgIpc) is 2.75. The minimum Gasteiger partial charge on any atom is -0.493 e. The molecular formula is C13H16N4O2. The Morgan fingerprint density at radius 2 is 2.26 bits per heavy atom. The Kier molecular flexibility index (Phi) is 3.70. The number of ether oxygens (including phenoxy) is 1. The molecule has 0 aliphatic heterocycles. The van der Waals surface area contributed by atoms with Gasteiger partial charge in [0.15, 0.2) is 0 Å². The molecular weight excluding hydrogens is 244 g/mol. The van der Waals surface area contributed by atoms with E-state index in [1.54, 1.807) is 42.2 Å². The zero-order valence-corrected chi connectivity index (χ0v) is 10.9. The highest BCUT2D eigenvalue weighted by Gasteiger charge is 2.17. The summed E-state index contributed by atoms with van der Waals surface area (Å²) < 4.78 is 6.99. The van der Waals surface area contributed by atoms with Gasteiger partial charge in [0.05, 0.1) is 12.8 Å². The molecule has 0 aliphatic carbocycles. The second kappa shape index (κ2) is 5.43. The highest BCUT2D eigenvalue weighted by molar-refractivity contribution is 6.09. The van der Waals surface area contributed by atoms with Crippen LogP contribution in [0.25, 0.3) is 0 Å². The first-order valence-electron chi connectivity index (χ1n) is 5.94. The summed E-state index contributed by atoms with van der Waals surface area (Å²) in [6, 6.07) is 6.84. The zero-order valence-electron chi connectivity index (χ0n) is 10.9. The van der Waals surface area contributed by atoms with Crippen molar-refractivity contribution in [2.24, 2.45) is 7.05 Å². The molecule has 1 aromatic carbocycles. The summed E-state index contributed by atoms with van der Waals surface area (Å²) in [6.45, 7) is 2.32. The third-order valence-corrected chi connectivity index (χ3v) is 2.65. The van der Waals surface area contributed by atoms with E-state index in [4.69, 9.17) is 10.5 Å². The van der Waals surface area contributed by atoms with E-state index in [0.717, 1.165) is 0 Å². The minimum atomic E-state index is -0.315. The molecule has 0 radical (unpaired) electrons. The van der Waals surface area contributed by atoms with E-state index >= 15 is 0 Å². The number of carbonyl (C=O) groups excluding carboxylic acids is 1. The van der Waals surface area contributed by atoms with E-state index in [-0.39, 0.29) is 5.91 Å². The van der Waals surface area contributed by atoms with Gasteiger partial charge in [-0.2, -0.15) is 5.10 Å². The molecule has 0 bridgehead atoms. The van der Waals surface area contributed by atoms with Crippen LogP contribution in [0.15, 0.2) is 30.5 Å². The Balaban J connectivity index is 2.30. The molecule has 0 saturated heterocycles. The topological polar surface area (TPSA) is 82.2 Å². The molecule has 1 amide bonds. The Labute approximate surface area is 111 Å². The number of hydrogen-bond donors (Lipinski definition) is 2. The molecule has 0 fully saturated rings. The maximum atomic E-state index is 12.3. The number of rotatable bonds is 4. The lowest BCUT2D eigenvalue weighted by Crippen LogP contribution is -2.17. The summed E-state index contributed by atoms with van der Waals surface area (Å²) in [4.78, 5) is 12.3. The summed E-state index contributed by atoms with van der Waals surface area (Å²) in [5.41, 5.74) is 6.57. The molecule has 19 heavy (non-hydrogen) atoms. The van der Waals surface area contributed by atoms with Gasteiger partial charge >= 0.3 is 0 Å². The van der Waals surface area contributed by atoms with Crippen molar-refractivity contribution in [2.75, 3.05) is 17.7 Å². The normalized spacial score (nSPS) is 10.2. The van der Waals surface area contributed by atoms with Gasteiger partial charge in [-0.25, -0.2) is 0 Å². The third-order valence-electron chi connectivity index (χ3n) is 2.65. The van der Waals surface area contributed by atoms with Crippen LogP contribution in [0.5, 0.6) is 5.75 Å². The molecule has 0 atom stereocenters. The maximum Gasteiger partial charge on any atom is 0.262 e. The van der Waals surface area contributed by atoms with Crippen LogP contribution < -0.4 is 15.8 Å². The maximum absolute atomic E-state index is 12.3. The molecule has 1 heterocycles. The van der Waals surface area contributed by atoms with Gasteiger partial charge < -0.3 is 15.8 Å². The minimum absolute atomic E-state index is 0.315. The van der Waals surface area contributed by atoms with Crippen LogP contribution in [-0.2, 0) is 7.05 Å². The van der Waals surface area contributed by atoms with Gasteiger partial charge in [0.25, 0.3) is 5.91 Å². The standard InChI is InChI=1S/C13H16N4O2/c1-3-19-10-6-4-5-9(14)12(10)13(18)16-11-7-8-15-17(11)2/h4-8H,3,14H2,1-2H3,(H,16,18). The number of benzene rings is 1. The van der Waals surface area contributed by atoms with Crippen molar-refractivity contribution in [3.05, 3.63) is 36.0 Å². The molecule has 0 aliphatic rings. The second-order valence-electron chi connectivity index (χ2n) is 3.95. The molecule has 6 nitrogen and oxygen atoms in total. The van der Waals surface area contributed by atoms with Crippen molar-refractivity contribution >= 4 is 17.4 Å².